The molecule has 0 amide bonds. The van der Waals surface area contributed by atoms with Crippen molar-refractivity contribution in [3.05, 3.63) is 0 Å². The van der Waals surface area contributed by atoms with Crippen LogP contribution in [0.15, 0.2) is 0 Å². The first-order valence-corrected chi connectivity index (χ1v) is 7.46. The predicted molar refractivity (Wildman–Crippen MR) is 59.6 cm³/mol. The molecule has 0 spiro atoms. The first-order valence-electron chi connectivity index (χ1n) is 5.85. The second kappa shape index (κ2) is 5.00. The summed E-state index contributed by atoms with van der Waals surface area (Å²) in [7, 11) is -3.26. The Morgan fingerprint density at radius 3 is 2.56 bits per heavy atom. The van der Waals surface area contributed by atoms with Crippen LogP contribution in [0.5, 0.6) is 0 Å². The molecule has 1 aliphatic carbocycles. The third kappa shape index (κ3) is 2.94. The van der Waals surface area contributed by atoms with Gasteiger partial charge in [0.05, 0.1) is 18.5 Å². The van der Waals surface area contributed by atoms with E-state index in [0.717, 1.165) is 25.7 Å². The second-order valence-corrected chi connectivity index (χ2v) is 6.45. The van der Waals surface area contributed by atoms with Crippen molar-refractivity contribution in [2.45, 2.75) is 37.8 Å². The van der Waals surface area contributed by atoms with Crippen LogP contribution >= 0.6 is 0 Å². The fraction of sp³-hybridized carbons (Fsp3) is 1.00. The fourth-order valence-electron chi connectivity index (χ4n) is 2.12. The van der Waals surface area contributed by atoms with Gasteiger partial charge >= 0.3 is 0 Å². The van der Waals surface area contributed by atoms with E-state index in [1.807, 2.05) is 0 Å². The van der Waals surface area contributed by atoms with Gasteiger partial charge in [0.2, 0.25) is 10.0 Å². The Bertz CT molecular complexity index is 320. The smallest absolute Gasteiger partial charge is 0.216 e. The van der Waals surface area contributed by atoms with Crippen molar-refractivity contribution >= 4 is 10.0 Å². The molecule has 16 heavy (non-hydrogen) atoms. The van der Waals surface area contributed by atoms with Gasteiger partial charge in [-0.3, -0.25) is 0 Å². The summed E-state index contributed by atoms with van der Waals surface area (Å²) >= 11 is 0. The SMILES string of the molecule is O=S(=O)(CC1CCCO1)N(CCO)C1CC1. The zero-order chi connectivity index (χ0) is 11.6. The highest BCUT2D eigenvalue weighted by Gasteiger charge is 2.38. The molecule has 1 N–H and O–H groups in total. The number of aliphatic hydroxyl groups excluding tert-OH is 1. The minimum Gasteiger partial charge on any atom is -0.395 e. The number of ether oxygens (including phenoxy) is 1. The molecule has 1 atom stereocenters. The van der Waals surface area contributed by atoms with Gasteiger partial charge in [0.25, 0.3) is 0 Å². The Labute approximate surface area is 96.4 Å². The molecule has 1 saturated carbocycles. The average molecular weight is 249 g/mol. The summed E-state index contributed by atoms with van der Waals surface area (Å²) in [6.07, 6.45) is 3.47. The van der Waals surface area contributed by atoms with E-state index in [1.54, 1.807) is 0 Å². The highest BCUT2D eigenvalue weighted by atomic mass is 32.2. The van der Waals surface area contributed by atoms with E-state index in [0.29, 0.717) is 6.61 Å². The molecule has 0 radical (unpaired) electrons. The highest BCUT2D eigenvalue weighted by molar-refractivity contribution is 7.89. The zero-order valence-electron chi connectivity index (χ0n) is 9.34. The molecule has 2 aliphatic rings. The van der Waals surface area contributed by atoms with Crippen LogP contribution in [0.4, 0.5) is 0 Å². The molecule has 1 saturated heterocycles. The van der Waals surface area contributed by atoms with Crippen LogP contribution in [0.1, 0.15) is 25.7 Å². The predicted octanol–water partition coefficient (Wildman–Crippen LogP) is -0.0481. The molecule has 6 heteroatoms. The lowest BCUT2D eigenvalue weighted by atomic mass is 10.3. The lowest BCUT2D eigenvalue weighted by molar-refractivity contribution is 0.126. The summed E-state index contributed by atoms with van der Waals surface area (Å²) in [5, 5.41) is 8.90. The standard InChI is InChI=1S/C10H19NO4S/c12-6-5-11(9-3-4-9)16(13,14)8-10-2-1-7-15-10/h9-10,12H,1-8H2. The molecule has 2 fully saturated rings. The molecular weight excluding hydrogens is 230 g/mol. The number of aliphatic hydroxyl groups is 1. The Morgan fingerprint density at radius 1 is 1.31 bits per heavy atom. The molecule has 1 aliphatic heterocycles. The Morgan fingerprint density at radius 2 is 2.06 bits per heavy atom. The van der Waals surface area contributed by atoms with Crippen LogP contribution in [0.3, 0.4) is 0 Å². The molecule has 1 heterocycles. The molecule has 94 valence electrons. The Hall–Kier alpha value is -0.170. The summed E-state index contributed by atoms with van der Waals surface area (Å²) in [5.74, 6) is 0.0729. The van der Waals surface area contributed by atoms with E-state index >= 15 is 0 Å². The van der Waals surface area contributed by atoms with Crippen molar-refractivity contribution < 1.29 is 18.3 Å². The number of rotatable bonds is 6. The topological polar surface area (TPSA) is 66.8 Å². The molecular formula is C10H19NO4S. The molecule has 0 aromatic rings. The Balaban J connectivity index is 1.97. The Kier molecular flexibility index (Phi) is 3.84. The first-order chi connectivity index (χ1) is 7.63. The lowest BCUT2D eigenvalue weighted by Crippen LogP contribution is -2.39. The van der Waals surface area contributed by atoms with Crippen molar-refractivity contribution in [3.63, 3.8) is 0 Å². The van der Waals surface area contributed by atoms with Crippen molar-refractivity contribution in [2.24, 2.45) is 0 Å². The molecule has 1 unspecified atom stereocenters. The van der Waals surface area contributed by atoms with Crippen LogP contribution in [-0.4, -0.2) is 55.5 Å². The van der Waals surface area contributed by atoms with Gasteiger partial charge in [-0.25, -0.2) is 8.42 Å². The third-order valence-corrected chi connectivity index (χ3v) is 5.04. The van der Waals surface area contributed by atoms with Gasteiger partial charge in [-0.1, -0.05) is 0 Å². The summed E-state index contributed by atoms with van der Waals surface area (Å²) in [6.45, 7) is 0.782. The van der Waals surface area contributed by atoms with E-state index in [4.69, 9.17) is 9.84 Å². The van der Waals surface area contributed by atoms with E-state index in [9.17, 15) is 8.42 Å². The molecule has 0 bridgehead atoms. The fourth-order valence-corrected chi connectivity index (χ4v) is 4.07. The second-order valence-electron chi connectivity index (χ2n) is 4.48. The van der Waals surface area contributed by atoms with Gasteiger partial charge in [-0.05, 0) is 25.7 Å². The first kappa shape index (κ1) is 12.3. The van der Waals surface area contributed by atoms with Crippen LogP contribution in [0.2, 0.25) is 0 Å². The van der Waals surface area contributed by atoms with Crippen molar-refractivity contribution in [1.82, 2.24) is 4.31 Å². The summed E-state index contributed by atoms with van der Waals surface area (Å²) < 4.78 is 31.0. The minimum absolute atomic E-state index is 0.0729. The van der Waals surface area contributed by atoms with E-state index in [-0.39, 0.29) is 31.1 Å². The summed E-state index contributed by atoms with van der Waals surface area (Å²) in [4.78, 5) is 0. The molecule has 0 aromatic heterocycles. The minimum atomic E-state index is -3.26. The highest BCUT2D eigenvalue weighted by Crippen LogP contribution is 2.30. The van der Waals surface area contributed by atoms with Gasteiger partial charge in [0, 0.05) is 19.2 Å². The van der Waals surface area contributed by atoms with Gasteiger partial charge in [-0.2, -0.15) is 4.31 Å². The zero-order valence-corrected chi connectivity index (χ0v) is 10.2. The quantitative estimate of drug-likeness (QED) is 0.717. The summed E-state index contributed by atoms with van der Waals surface area (Å²) in [6, 6.07) is 0.124. The van der Waals surface area contributed by atoms with Crippen LogP contribution in [0, 0.1) is 0 Å². The van der Waals surface area contributed by atoms with Crippen molar-refractivity contribution in [1.29, 1.82) is 0 Å². The van der Waals surface area contributed by atoms with E-state index in [1.165, 1.54) is 4.31 Å². The number of nitrogens with zero attached hydrogens (tertiary/aromatic N) is 1. The maximum absolute atomic E-state index is 12.1. The largest absolute Gasteiger partial charge is 0.395 e. The van der Waals surface area contributed by atoms with Gasteiger partial charge in [0.15, 0.2) is 0 Å². The number of hydrogen-bond donors (Lipinski definition) is 1. The normalized spacial score (nSPS) is 26.5. The van der Waals surface area contributed by atoms with Crippen LogP contribution < -0.4 is 0 Å². The van der Waals surface area contributed by atoms with Crippen molar-refractivity contribution in [2.75, 3.05) is 25.5 Å². The molecule has 2 rings (SSSR count). The van der Waals surface area contributed by atoms with Gasteiger partial charge in [0.1, 0.15) is 0 Å². The number of hydrogen-bond acceptors (Lipinski definition) is 4. The average Bonchev–Trinajstić information content (AvgIpc) is 2.93. The molecule has 5 nitrogen and oxygen atoms in total. The van der Waals surface area contributed by atoms with E-state index < -0.39 is 10.0 Å². The summed E-state index contributed by atoms with van der Waals surface area (Å²) in [5.41, 5.74) is 0. The molecule has 0 aromatic carbocycles. The number of sulfonamides is 1. The third-order valence-electron chi connectivity index (χ3n) is 3.05. The maximum atomic E-state index is 12.1. The van der Waals surface area contributed by atoms with Crippen LogP contribution in [-0.2, 0) is 14.8 Å². The van der Waals surface area contributed by atoms with Crippen molar-refractivity contribution in [3.8, 4) is 0 Å². The van der Waals surface area contributed by atoms with Gasteiger partial charge in [-0.15, -0.1) is 0 Å². The lowest BCUT2D eigenvalue weighted by Gasteiger charge is -2.22. The maximum Gasteiger partial charge on any atom is 0.216 e. The van der Waals surface area contributed by atoms with E-state index in [2.05, 4.69) is 0 Å². The monoisotopic (exact) mass is 249 g/mol. The van der Waals surface area contributed by atoms with Crippen LogP contribution in [0.25, 0.3) is 0 Å². The van der Waals surface area contributed by atoms with Gasteiger partial charge < -0.3 is 9.84 Å².